The molecule has 204 valence electrons. The summed E-state index contributed by atoms with van der Waals surface area (Å²) in [5.41, 5.74) is 3.02. The molecule has 0 saturated heterocycles. The maximum atomic E-state index is 14.1. The summed E-state index contributed by atoms with van der Waals surface area (Å²) in [6.45, 7) is 5.85. The van der Waals surface area contributed by atoms with E-state index in [1.54, 1.807) is 14.0 Å². The summed E-state index contributed by atoms with van der Waals surface area (Å²) in [6, 6.07) is 23.5. The average molecular weight is 555 g/mol. The lowest BCUT2D eigenvalue weighted by molar-refractivity contribution is -0.130. The molecule has 0 spiro atoms. The topological polar surface area (TPSA) is 89.0 Å². The Morgan fingerprint density at radius 1 is 1.00 bits per heavy atom. The molecular formula is C32H30N2O5S. The molecule has 0 aliphatic carbocycles. The van der Waals surface area contributed by atoms with Crippen molar-refractivity contribution < 1.29 is 24.2 Å². The Bertz CT molecular complexity index is 1560. The Labute approximate surface area is 237 Å². The molecular weight excluding hydrogens is 524 g/mol. The van der Waals surface area contributed by atoms with Crippen molar-refractivity contribution in [3.05, 3.63) is 112 Å². The van der Waals surface area contributed by atoms with Crippen LogP contribution in [0.5, 0.6) is 11.5 Å². The van der Waals surface area contributed by atoms with Crippen LogP contribution in [0.3, 0.4) is 0 Å². The second-order valence-corrected chi connectivity index (χ2v) is 10.8. The van der Waals surface area contributed by atoms with Crippen molar-refractivity contribution in [3.63, 3.8) is 0 Å². The van der Waals surface area contributed by atoms with E-state index in [0.717, 1.165) is 11.1 Å². The molecule has 4 aromatic rings. The van der Waals surface area contributed by atoms with E-state index in [0.29, 0.717) is 32.6 Å². The van der Waals surface area contributed by atoms with Crippen molar-refractivity contribution in [2.24, 2.45) is 0 Å². The Kier molecular flexibility index (Phi) is 7.71. The smallest absolute Gasteiger partial charge is 0.290 e. The van der Waals surface area contributed by atoms with E-state index in [4.69, 9.17) is 9.47 Å². The zero-order valence-corrected chi connectivity index (χ0v) is 23.6. The summed E-state index contributed by atoms with van der Waals surface area (Å²) in [5, 5.41) is 11.8. The second-order valence-electron chi connectivity index (χ2n) is 9.81. The van der Waals surface area contributed by atoms with Gasteiger partial charge in [-0.25, -0.2) is 4.98 Å². The lowest BCUT2D eigenvalue weighted by atomic mass is 9.94. The number of amides is 1. The number of aliphatic hydroxyl groups excluding tert-OH is 1. The molecule has 1 N–H and O–H groups in total. The van der Waals surface area contributed by atoms with Gasteiger partial charge in [0.15, 0.2) is 5.76 Å². The lowest BCUT2D eigenvalue weighted by Crippen LogP contribution is -2.30. The van der Waals surface area contributed by atoms with E-state index >= 15 is 0 Å². The van der Waals surface area contributed by atoms with E-state index in [1.165, 1.54) is 16.2 Å². The van der Waals surface area contributed by atoms with Crippen LogP contribution in [0.4, 0.5) is 0 Å². The normalized spacial score (nSPS) is 15.2. The number of nitrogens with zero attached hydrogens (tertiary/aromatic N) is 2. The zero-order valence-electron chi connectivity index (χ0n) is 22.8. The highest BCUT2D eigenvalue weighted by molar-refractivity contribution is 7.17. The zero-order chi connectivity index (χ0) is 28.4. The molecule has 0 radical (unpaired) electrons. The third-order valence-corrected chi connectivity index (χ3v) is 7.86. The molecule has 0 fully saturated rings. The number of thiazole rings is 1. The fraction of sp³-hybridized carbons (Fsp3) is 0.219. The number of aryl methyl sites for hydroxylation is 1. The van der Waals surface area contributed by atoms with Gasteiger partial charge in [0.05, 0.1) is 35.4 Å². The number of methoxy groups -OCH3 is 1. The SMILES string of the molecule is COc1ccc(CN2C(=O)C(O)=C(C(=O)c3sc(-c4ccccc4)nc3C)C2c2ccc(OC(C)C)cc2)cc1. The number of ether oxygens (including phenoxy) is 2. The summed E-state index contributed by atoms with van der Waals surface area (Å²) in [7, 11) is 1.59. The molecule has 2 heterocycles. The minimum absolute atomic E-state index is 0.000304. The number of benzene rings is 3. The first-order valence-electron chi connectivity index (χ1n) is 13.0. The van der Waals surface area contributed by atoms with Crippen molar-refractivity contribution >= 4 is 23.0 Å². The standard InChI is InChI=1S/C32H30N2O5S/c1-19(2)39-25-16-12-22(13-17-25)27-26(28(35)30-20(3)33-31(40-30)23-8-6-5-7-9-23)29(36)32(37)34(27)18-21-10-14-24(38-4)15-11-21/h5-17,19,27,36H,18H2,1-4H3. The molecule has 1 atom stereocenters. The van der Waals surface area contributed by atoms with Gasteiger partial charge in [0.25, 0.3) is 5.91 Å². The van der Waals surface area contributed by atoms with Gasteiger partial charge in [-0.1, -0.05) is 54.6 Å². The molecule has 1 unspecified atom stereocenters. The van der Waals surface area contributed by atoms with Gasteiger partial charge < -0.3 is 19.5 Å². The molecule has 0 saturated carbocycles. The number of carbonyl (C=O) groups is 2. The summed E-state index contributed by atoms with van der Waals surface area (Å²) in [6.07, 6.45) is -0.000304. The highest BCUT2D eigenvalue weighted by Crippen LogP contribution is 2.42. The predicted molar refractivity (Wildman–Crippen MR) is 155 cm³/mol. The predicted octanol–water partition coefficient (Wildman–Crippen LogP) is 6.69. The Balaban J connectivity index is 1.55. The fourth-order valence-electron chi connectivity index (χ4n) is 4.76. The van der Waals surface area contributed by atoms with Crippen molar-refractivity contribution in [1.29, 1.82) is 0 Å². The number of aromatic nitrogens is 1. The van der Waals surface area contributed by atoms with Gasteiger partial charge in [0.2, 0.25) is 5.78 Å². The van der Waals surface area contributed by atoms with Gasteiger partial charge in [-0.15, -0.1) is 11.3 Å². The quantitative estimate of drug-likeness (QED) is 0.232. The van der Waals surface area contributed by atoms with Crippen molar-refractivity contribution in [2.45, 2.75) is 39.5 Å². The van der Waals surface area contributed by atoms with E-state index in [9.17, 15) is 14.7 Å². The Morgan fingerprint density at radius 3 is 2.27 bits per heavy atom. The van der Waals surface area contributed by atoms with Crippen LogP contribution in [0.15, 0.2) is 90.2 Å². The first-order chi connectivity index (χ1) is 19.3. The van der Waals surface area contributed by atoms with E-state index in [2.05, 4.69) is 4.98 Å². The van der Waals surface area contributed by atoms with Crippen LogP contribution in [-0.2, 0) is 11.3 Å². The molecule has 8 heteroatoms. The van der Waals surface area contributed by atoms with Crippen LogP contribution in [0.1, 0.15) is 46.4 Å². The minimum atomic E-state index is -0.795. The van der Waals surface area contributed by atoms with Crippen molar-refractivity contribution in [1.82, 2.24) is 9.88 Å². The van der Waals surface area contributed by atoms with Crippen LogP contribution < -0.4 is 9.47 Å². The summed E-state index contributed by atoms with van der Waals surface area (Å²) in [4.78, 5) is 34.1. The minimum Gasteiger partial charge on any atom is -0.503 e. The second kappa shape index (κ2) is 11.4. The van der Waals surface area contributed by atoms with Crippen molar-refractivity contribution in [3.8, 4) is 22.1 Å². The summed E-state index contributed by atoms with van der Waals surface area (Å²) >= 11 is 1.26. The number of aliphatic hydroxyl groups is 1. The van der Waals surface area contributed by atoms with Gasteiger partial charge >= 0.3 is 0 Å². The number of hydrogen-bond acceptors (Lipinski definition) is 7. The molecule has 7 nitrogen and oxygen atoms in total. The van der Waals surface area contributed by atoms with E-state index in [1.807, 2.05) is 92.7 Å². The van der Waals surface area contributed by atoms with Gasteiger partial charge in [-0.05, 0) is 56.2 Å². The van der Waals surface area contributed by atoms with Gasteiger partial charge in [-0.2, -0.15) is 0 Å². The molecule has 0 bridgehead atoms. The largest absolute Gasteiger partial charge is 0.503 e. The number of ketones is 1. The summed E-state index contributed by atoms with van der Waals surface area (Å²) < 4.78 is 11.1. The average Bonchev–Trinajstić information content (AvgIpc) is 3.47. The maximum absolute atomic E-state index is 14.1. The van der Waals surface area contributed by atoms with Gasteiger partial charge in [0.1, 0.15) is 16.5 Å². The van der Waals surface area contributed by atoms with Crippen LogP contribution in [0.2, 0.25) is 0 Å². The molecule has 40 heavy (non-hydrogen) atoms. The highest BCUT2D eigenvalue weighted by atomic mass is 32.1. The molecule has 1 aliphatic rings. The van der Waals surface area contributed by atoms with E-state index in [-0.39, 0.29) is 18.2 Å². The molecule has 5 rings (SSSR count). The third kappa shape index (κ3) is 5.35. The fourth-order valence-corrected chi connectivity index (χ4v) is 5.78. The van der Waals surface area contributed by atoms with Crippen LogP contribution in [-0.4, -0.2) is 39.9 Å². The monoisotopic (exact) mass is 554 g/mol. The molecule has 1 aliphatic heterocycles. The van der Waals surface area contributed by atoms with E-state index < -0.39 is 23.5 Å². The first-order valence-corrected chi connectivity index (χ1v) is 13.8. The van der Waals surface area contributed by atoms with Gasteiger partial charge in [0, 0.05) is 12.1 Å². The Morgan fingerprint density at radius 2 is 1.65 bits per heavy atom. The maximum Gasteiger partial charge on any atom is 0.290 e. The molecule has 3 aromatic carbocycles. The van der Waals surface area contributed by atoms with Crippen LogP contribution in [0, 0.1) is 6.92 Å². The number of hydrogen-bond donors (Lipinski definition) is 1. The van der Waals surface area contributed by atoms with Crippen LogP contribution in [0.25, 0.3) is 10.6 Å². The summed E-state index contributed by atoms with van der Waals surface area (Å²) in [5.74, 6) is -0.179. The number of rotatable bonds is 9. The number of carbonyl (C=O) groups excluding carboxylic acids is 2. The molecule has 1 aromatic heterocycles. The Hall–Kier alpha value is -4.43. The third-order valence-electron chi connectivity index (χ3n) is 6.65. The first kappa shape index (κ1) is 27.1. The van der Waals surface area contributed by atoms with Gasteiger partial charge in [-0.3, -0.25) is 9.59 Å². The lowest BCUT2D eigenvalue weighted by Gasteiger charge is -2.27. The van der Waals surface area contributed by atoms with Crippen molar-refractivity contribution in [2.75, 3.05) is 7.11 Å². The van der Waals surface area contributed by atoms with Crippen LogP contribution >= 0.6 is 11.3 Å². The molecule has 1 amide bonds. The number of Topliss-reactive ketones (excluding diaryl/α,β-unsaturated/α-hetero) is 1. The highest BCUT2D eigenvalue weighted by Gasteiger charge is 2.44.